The number of hydrogen-bond donors (Lipinski definition) is 3. The summed E-state index contributed by atoms with van der Waals surface area (Å²) in [6.45, 7) is 5.33. The maximum absolute atomic E-state index is 11.9. The third kappa shape index (κ3) is 20.7. The molecular formula is C26H53N2O3+. The lowest BCUT2D eigenvalue weighted by atomic mass is 10.1. The average Bonchev–Trinajstić information content (AvgIpc) is 2.74. The fraction of sp³-hybridized carbons (Fsp3) is 0.885. The Hall–Kier alpha value is -0.910. The zero-order valence-electron chi connectivity index (χ0n) is 20.8. The zero-order chi connectivity index (χ0) is 23.0. The van der Waals surface area contributed by atoms with Gasteiger partial charge in [0.1, 0.15) is 13.1 Å². The number of carbonyl (C=O) groups is 1. The molecule has 0 radical (unpaired) electrons. The van der Waals surface area contributed by atoms with Crippen molar-refractivity contribution in [1.29, 1.82) is 0 Å². The molecule has 0 unspecified atom stereocenters. The number of carbonyl (C=O) groups excluding carboxylic acids is 1. The molecule has 0 atom stereocenters. The normalized spacial score (nSPS) is 12.0. The largest absolute Gasteiger partial charge is 0.391 e. The van der Waals surface area contributed by atoms with Crippen molar-refractivity contribution in [2.24, 2.45) is 0 Å². The van der Waals surface area contributed by atoms with Gasteiger partial charge in [0.2, 0.25) is 5.91 Å². The molecule has 0 spiro atoms. The highest BCUT2D eigenvalue weighted by Crippen LogP contribution is 2.10. The van der Waals surface area contributed by atoms with Gasteiger partial charge in [-0.1, -0.05) is 70.4 Å². The quantitative estimate of drug-likeness (QED) is 0.119. The molecule has 0 aromatic heterocycles. The number of hydrogen-bond acceptors (Lipinski definition) is 3. The molecule has 0 aliphatic carbocycles. The molecule has 0 aliphatic heterocycles. The first-order valence-corrected chi connectivity index (χ1v) is 13.0. The highest BCUT2D eigenvalue weighted by Gasteiger charge is 2.19. The molecule has 0 bridgehead atoms. The van der Waals surface area contributed by atoms with Gasteiger partial charge in [-0.05, 0) is 32.1 Å². The predicted molar refractivity (Wildman–Crippen MR) is 132 cm³/mol. The lowest BCUT2D eigenvalue weighted by molar-refractivity contribution is -0.910. The van der Waals surface area contributed by atoms with E-state index in [-0.39, 0.29) is 19.1 Å². The molecule has 0 rings (SSSR count). The third-order valence-electron chi connectivity index (χ3n) is 6.14. The van der Waals surface area contributed by atoms with Crippen LogP contribution < -0.4 is 5.32 Å². The van der Waals surface area contributed by atoms with E-state index in [1.165, 1.54) is 70.6 Å². The zero-order valence-corrected chi connectivity index (χ0v) is 20.8. The summed E-state index contributed by atoms with van der Waals surface area (Å²) in [7, 11) is 2.04. The van der Waals surface area contributed by atoms with E-state index >= 15 is 0 Å². The van der Waals surface area contributed by atoms with Crippen LogP contribution in [0.4, 0.5) is 0 Å². The molecule has 0 fully saturated rings. The van der Waals surface area contributed by atoms with Crippen molar-refractivity contribution in [1.82, 2.24) is 5.32 Å². The van der Waals surface area contributed by atoms with Crippen molar-refractivity contribution >= 4 is 5.91 Å². The molecule has 5 heteroatoms. The minimum atomic E-state index is 0.123. The predicted octanol–water partition coefficient (Wildman–Crippen LogP) is 4.96. The number of rotatable bonds is 23. The maximum Gasteiger partial charge on any atom is 0.219 e. The number of allylic oxidation sites excluding steroid dienone is 2. The average molecular weight is 442 g/mol. The molecule has 5 nitrogen and oxygen atoms in total. The van der Waals surface area contributed by atoms with Crippen molar-refractivity contribution in [2.75, 3.05) is 46.4 Å². The monoisotopic (exact) mass is 441 g/mol. The van der Waals surface area contributed by atoms with Gasteiger partial charge in [-0.2, -0.15) is 0 Å². The Morgan fingerprint density at radius 1 is 0.742 bits per heavy atom. The molecule has 3 N–H and O–H groups in total. The Balaban J connectivity index is 3.45. The van der Waals surface area contributed by atoms with Crippen LogP contribution in [-0.4, -0.2) is 67.0 Å². The molecule has 0 heterocycles. The number of aliphatic hydroxyl groups excluding tert-OH is 2. The van der Waals surface area contributed by atoms with E-state index in [1.54, 1.807) is 0 Å². The topological polar surface area (TPSA) is 69.6 Å². The van der Waals surface area contributed by atoms with Crippen LogP contribution in [0.3, 0.4) is 0 Å². The smallest absolute Gasteiger partial charge is 0.219 e. The van der Waals surface area contributed by atoms with Crippen LogP contribution in [0.25, 0.3) is 0 Å². The molecule has 0 aliphatic rings. The first-order chi connectivity index (χ1) is 15.1. The fourth-order valence-electron chi connectivity index (χ4n) is 3.95. The summed E-state index contributed by atoms with van der Waals surface area (Å²) in [5.74, 6) is 0.149. The van der Waals surface area contributed by atoms with Gasteiger partial charge in [-0.25, -0.2) is 0 Å². The van der Waals surface area contributed by atoms with E-state index < -0.39 is 0 Å². The van der Waals surface area contributed by atoms with Crippen molar-refractivity contribution in [2.45, 2.75) is 103 Å². The number of quaternary nitrogens is 1. The molecule has 0 aromatic carbocycles. The summed E-state index contributed by atoms with van der Waals surface area (Å²) in [4.78, 5) is 11.9. The minimum Gasteiger partial charge on any atom is -0.391 e. The van der Waals surface area contributed by atoms with Crippen molar-refractivity contribution in [3.8, 4) is 0 Å². The molecule has 0 aromatic rings. The highest BCUT2D eigenvalue weighted by molar-refractivity contribution is 5.75. The van der Waals surface area contributed by atoms with E-state index in [0.717, 1.165) is 25.8 Å². The first kappa shape index (κ1) is 30.1. The standard InChI is InChI=1S/C26H52N2O3/c1-3-4-5-6-7-8-9-10-11-12-13-14-15-16-17-19-26(31)27-20-18-21-28(2,22-24-29)23-25-30/h10-11,29-30H,3-9,12-25H2,1-2H3/p+1/b11-10-. The Bertz CT molecular complexity index is 421. The van der Waals surface area contributed by atoms with E-state index in [4.69, 9.17) is 10.2 Å². The SMILES string of the molecule is CCCCCCCC/C=C\CCCCCCCC(=O)NCCC[N+](C)(CCO)CCO. The summed E-state index contributed by atoms with van der Waals surface area (Å²) < 4.78 is 0.650. The number of amides is 1. The van der Waals surface area contributed by atoms with Crippen LogP contribution in [0.5, 0.6) is 0 Å². The number of nitrogens with zero attached hydrogens (tertiary/aromatic N) is 1. The van der Waals surface area contributed by atoms with Gasteiger partial charge in [0, 0.05) is 19.4 Å². The van der Waals surface area contributed by atoms with E-state index in [2.05, 4.69) is 24.4 Å². The van der Waals surface area contributed by atoms with Gasteiger partial charge >= 0.3 is 0 Å². The lowest BCUT2D eigenvalue weighted by Gasteiger charge is -2.33. The van der Waals surface area contributed by atoms with Gasteiger partial charge in [-0.3, -0.25) is 4.79 Å². The van der Waals surface area contributed by atoms with Crippen LogP contribution in [0.2, 0.25) is 0 Å². The van der Waals surface area contributed by atoms with Crippen molar-refractivity contribution in [3.05, 3.63) is 12.2 Å². The van der Waals surface area contributed by atoms with Gasteiger partial charge in [-0.15, -0.1) is 0 Å². The summed E-state index contributed by atoms with van der Waals surface area (Å²) >= 11 is 0. The molecule has 0 saturated carbocycles. The van der Waals surface area contributed by atoms with Crippen LogP contribution in [0, 0.1) is 0 Å². The molecule has 31 heavy (non-hydrogen) atoms. The number of nitrogens with one attached hydrogen (secondary N) is 1. The second-order valence-electron chi connectivity index (χ2n) is 9.28. The lowest BCUT2D eigenvalue weighted by Crippen LogP contribution is -2.49. The van der Waals surface area contributed by atoms with Crippen molar-refractivity contribution in [3.63, 3.8) is 0 Å². The van der Waals surface area contributed by atoms with E-state index in [1.807, 2.05) is 7.05 Å². The fourth-order valence-corrected chi connectivity index (χ4v) is 3.95. The van der Waals surface area contributed by atoms with Gasteiger partial charge in [0.25, 0.3) is 0 Å². The van der Waals surface area contributed by atoms with E-state index in [0.29, 0.717) is 30.5 Å². The molecule has 1 amide bonds. The summed E-state index contributed by atoms with van der Waals surface area (Å²) in [6, 6.07) is 0. The summed E-state index contributed by atoms with van der Waals surface area (Å²) in [5, 5.41) is 21.3. The van der Waals surface area contributed by atoms with Crippen LogP contribution in [0.1, 0.15) is 103 Å². The summed E-state index contributed by atoms with van der Waals surface area (Å²) in [5.41, 5.74) is 0. The molecule has 184 valence electrons. The van der Waals surface area contributed by atoms with Crippen molar-refractivity contribution < 1.29 is 19.5 Å². The molecule has 0 saturated heterocycles. The van der Waals surface area contributed by atoms with Gasteiger partial charge in [0.05, 0.1) is 26.8 Å². The van der Waals surface area contributed by atoms with Crippen LogP contribution in [-0.2, 0) is 4.79 Å². The maximum atomic E-state index is 11.9. The van der Waals surface area contributed by atoms with Crippen LogP contribution >= 0.6 is 0 Å². The third-order valence-corrected chi connectivity index (χ3v) is 6.14. The van der Waals surface area contributed by atoms with Gasteiger partial charge in [0.15, 0.2) is 0 Å². The van der Waals surface area contributed by atoms with Crippen LogP contribution in [0.15, 0.2) is 12.2 Å². The number of aliphatic hydroxyl groups is 2. The Morgan fingerprint density at radius 2 is 1.26 bits per heavy atom. The second kappa shape index (κ2) is 22.3. The number of likely N-dealkylation sites (N-methyl/N-ethyl adjacent to an activating group) is 1. The summed E-state index contributed by atoms with van der Waals surface area (Å²) in [6.07, 6.45) is 22.7. The minimum absolute atomic E-state index is 0.123. The Labute approximate surface area is 192 Å². The molecular weight excluding hydrogens is 388 g/mol. The van der Waals surface area contributed by atoms with Gasteiger partial charge < -0.3 is 20.0 Å². The Morgan fingerprint density at radius 3 is 1.81 bits per heavy atom. The number of unbranched alkanes of at least 4 members (excludes halogenated alkanes) is 11. The second-order valence-corrected chi connectivity index (χ2v) is 9.28. The Kier molecular flexibility index (Phi) is 21.6. The first-order valence-electron chi connectivity index (χ1n) is 13.0. The van der Waals surface area contributed by atoms with E-state index in [9.17, 15) is 4.79 Å². The highest BCUT2D eigenvalue weighted by atomic mass is 16.3.